The van der Waals surface area contributed by atoms with Gasteiger partial charge in [-0.25, -0.2) is 4.57 Å². The van der Waals surface area contributed by atoms with Crippen LogP contribution in [0.5, 0.6) is 0 Å². The molecule has 9 heteroatoms. The predicted octanol–water partition coefficient (Wildman–Crippen LogP) is 19.3. The van der Waals surface area contributed by atoms with E-state index in [-0.39, 0.29) is 25.8 Å². The number of rotatable bonds is 55. The standard InChI is InChI=1S/C64H114NO7P/c1-6-8-10-12-14-16-18-20-22-24-26-28-30-32-34-36-38-40-42-44-46-48-50-52-54-56-59-69-61-63(62-71-73(67,68)70-60-58-65(3,4)5)72-64(66)57-55-53-51-49-47-45-43-41-39-37-35-33-31-29-27-25-23-21-19-17-15-13-11-9-7-2/h8,10,14,16,20,22,25-28,32,34,38,40,44,46,63H,6-7,9,11-13,15,17-19,21,23-24,29-31,33,35-37,39,41-43,45,47-62H2,1-5H3/p+1/b10-8-,16-14-,22-20-,27-25-,28-26-,34-32-,40-38-,46-44-. The van der Waals surface area contributed by atoms with Crippen LogP contribution in [0.2, 0.25) is 0 Å². The van der Waals surface area contributed by atoms with Crippen LogP contribution in [0.15, 0.2) is 97.2 Å². The molecule has 0 aromatic rings. The van der Waals surface area contributed by atoms with E-state index in [1.807, 2.05) is 21.1 Å². The van der Waals surface area contributed by atoms with E-state index in [0.717, 1.165) is 96.3 Å². The lowest BCUT2D eigenvalue weighted by atomic mass is 10.0. The Morgan fingerprint density at radius 3 is 1.21 bits per heavy atom. The maximum atomic E-state index is 12.8. The molecule has 0 saturated carbocycles. The van der Waals surface area contributed by atoms with Crippen LogP contribution >= 0.6 is 7.82 Å². The second kappa shape index (κ2) is 55.6. The second-order valence-corrected chi connectivity index (χ2v) is 22.4. The molecule has 0 aliphatic carbocycles. The van der Waals surface area contributed by atoms with Gasteiger partial charge in [0.1, 0.15) is 19.3 Å². The second-order valence-electron chi connectivity index (χ2n) is 21.0. The lowest BCUT2D eigenvalue weighted by Crippen LogP contribution is -2.37. The van der Waals surface area contributed by atoms with E-state index in [0.29, 0.717) is 24.1 Å². The number of ether oxygens (including phenoxy) is 2. The minimum Gasteiger partial charge on any atom is -0.457 e. The van der Waals surface area contributed by atoms with Crippen molar-refractivity contribution in [2.45, 2.75) is 251 Å². The Kier molecular flexibility index (Phi) is 53.7. The van der Waals surface area contributed by atoms with Crippen LogP contribution in [-0.2, 0) is 27.9 Å². The van der Waals surface area contributed by atoms with Crippen LogP contribution in [0.4, 0.5) is 0 Å². The topological polar surface area (TPSA) is 91.3 Å². The molecule has 0 radical (unpaired) electrons. The molecule has 0 spiro atoms. The maximum Gasteiger partial charge on any atom is 0.472 e. The van der Waals surface area contributed by atoms with Gasteiger partial charge in [-0.15, -0.1) is 0 Å². The van der Waals surface area contributed by atoms with Gasteiger partial charge in [0.25, 0.3) is 0 Å². The van der Waals surface area contributed by atoms with E-state index in [9.17, 15) is 14.3 Å². The highest BCUT2D eigenvalue weighted by Crippen LogP contribution is 2.43. The highest BCUT2D eigenvalue weighted by Gasteiger charge is 2.26. The van der Waals surface area contributed by atoms with Gasteiger partial charge in [0.05, 0.1) is 34.4 Å². The molecule has 0 aliphatic heterocycles. The fraction of sp³-hybridized carbons (Fsp3) is 0.734. The fourth-order valence-corrected chi connectivity index (χ4v) is 8.80. The Bertz CT molecular complexity index is 1490. The van der Waals surface area contributed by atoms with Gasteiger partial charge < -0.3 is 18.9 Å². The van der Waals surface area contributed by atoms with Crippen LogP contribution in [0.25, 0.3) is 0 Å². The fourth-order valence-electron chi connectivity index (χ4n) is 8.06. The highest BCUT2D eigenvalue weighted by atomic mass is 31.2. The number of quaternary nitrogens is 1. The van der Waals surface area contributed by atoms with Crippen molar-refractivity contribution >= 4 is 13.8 Å². The van der Waals surface area contributed by atoms with Gasteiger partial charge in [-0.3, -0.25) is 13.8 Å². The first-order chi connectivity index (χ1) is 35.6. The van der Waals surface area contributed by atoms with Crippen LogP contribution in [0.1, 0.15) is 245 Å². The van der Waals surface area contributed by atoms with E-state index in [1.165, 1.54) is 128 Å². The van der Waals surface area contributed by atoms with Gasteiger partial charge in [-0.05, 0) is 96.3 Å². The molecular formula is C64H115NO7P+. The summed E-state index contributed by atoms with van der Waals surface area (Å²) in [5.74, 6) is -0.324. The molecule has 0 bridgehead atoms. The Labute approximate surface area is 451 Å². The summed E-state index contributed by atoms with van der Waals surface area (Å²) in [6.07, 6.45) is 77.7. The summed E-state index contributed by atoms with van der Waals surface area (Å²) < 4.78 is 35.3. The van der Waals surface area contributed by atoms with Crippen molar-refractivity contribution in [2.24, 2.45) is 0 Å². The number of nitrogens with zero attached hydrogens (tertiary/aromatic N) is 1. The number of allylic oxidation sites excluding steroid dienone is 16. The lowest BCUT2D eigenvalue weighted by molar-refractivity contribution is -0.870. The molecule has 0 fully saturated rings. The average Bonchev–Trinajstić information content (AvgIpc) is 3.35. The van der Waals surface area contributed by atoms with Crippen molar-refractivity contribution < 1.29 is 37.3 Å². The van der Waals surface area contributed by atoms with Crippen LogP contribution in [0, 0.1) is 0 Å². The quantitative estimate of drug-likeness (QED) is 0.0213. The number of likely N-dealkylation sites (N-methyl/N-ethyl adjacent to an activating group) is 1. The van der Waals surface area contributed by atoms with Gasteiger partial charge >= 0.3 is 13.8 Å². The van der Waals surface area contributed by atoms with Crippen molar-refractivity contribution in [3.8, 4) is 0 Å². The summed E-state index contributed by atoms with van der Waals surface area (Å²) in [6.45, 7) is 5.45. The van der Waals surface area contributed by atoms with Crippen molar-refractivity contribution in [2.75, 3.05) is 54.1 Å². The zero-order valence-corrected chi connectivity index (χ0v) is 49.0. The van der Waals surface area contributed by atoms with E-state index >= 15 is 0 Å². The van der Waals surface area contributed by atoms with Gasteiger partial charge in [0.2, 0.25) is 0 Å². The van der Waals surface area contributed by atoms with Crippen molar-refractivity contribution in [1.29, 1.82) is 0 Å². The SMILES string of the molecule is CC/C=C\C/C=C\C/C=C\C/C=C\C/C=C\C/C=C\C/C=C\CCCCCCOCC(COP(=O)(O)OCC[N+](C)(C)C)OC(=O)CCCCCCCCCCCCCCC/C=C\CCCCCCCCCC. The predicted molar refractivity (Wildman–Crippen MR) is 316 cm³/mol. The van der Waals surface area contributed by atoms with Crippen molar-refractivity contribution in [3.63, 3.8) is 0 Å². The molecule has 8 nitrogen and oxygen atoms in total. The van der Waals surface area contributed by atoms with Crippen LogP contribution in [-0.4, -0.2) is 75.6 Å². The van der Waals surface area contributed by atoms with Crippen molar-refractivity contribution in [3.05, 3.63) is 97.2 Å². The number of carbonyl (C=O) groups is 1. The summed E-state index contributed by atoms with van der Waals surface area (Å²) in [6, 6.07) is 0. The summed E-state index contributed by atoms with van der Waals surface area (Å²) in [4.78, 5) is 23.1. The third-order valence-electron chi connectivity index (χ3n) is 12.6. The molecular weight excluding hydrogens is 926 g/mol. The highest BCUT2D eigenvalue weighted by molar-refractivity contribution is 7.47. The summed E-state index contributed by atoms with van der Waals surface area (Å²) in [5.41, 5.74) is 0. The monoisotopic (exact) mass is 1040 g/mol. The number of hydrogen-bond acceptors (Lipinski definition) is 6. The third-order valence-corrected chi connectivity index (χ3v) is 13.6. The Morgan fingerprint density at radius 2 is 0.795 bits per heavy atom. The zero-order chi connectivity index (χ0) is 53.3. The first-order valence-electron chi connectivity index (χ1n) is 30.0. The molecule has 0 amide bonds. The molecule has 1 N–H and O–H groups in total. The lowest BCUT2D eigenvalue weighted by Gasteiger charge is -2.24. The molecule has 0 rings (SSSR count). The number of esters is 1. The van der Waals surface area contributed by atoms with E-state index < -0.39 is 13.9 Å². The number of phosphoric acid groups is 1. The minimum absolute atomic E-state index is 0.0788. The number of carbonyl (C=O) groups excluding carboxylic acids is 1. The largest absolute Gasteiger partial charge is 0.472 e. The van der Waals surface area contributed by atoms with Crippen LogP contribution in [0.3, 0.4) is 0 Å². The number of hydrogen-bond donors (Lipinski definition) is 1. The number of unbranched alkanes of at least 4 members (excludes halogenated alkanes) is 25. The first kappa shape index (κ1) is 70.4. The van der Waals surface area contributed by atoms with Gasteiger partial charge in [0.15, 0.2) is 0 Å². The molecule has 0 aliphatic rings. The summed E-state index contributed by atoms with van der Waals surface area (Å²) >= 11 is 0. The Balaban J connectivity index is 4.14. The van der Waals surface area contributed by atoms with Gasteiger partial charge in [0, 0.05) is 13.0 Å². The van der Waals surface area contributed by atoms with Crippen molar-refractivity contribution in [1.82, 2.24) is 0 Å². The third kappa shape index (κ3) is 60.2. The Hall–Kier alpha value is -2.58. The molecule has 422 valence electrons. The zero-order valence-electron chi connectivity index (χ0n) is 48.1. The van der Waals surface area contributed by atoms with Crippen LogP contribution < -0.4 is 0 Å². The molecule has 0 heterocycles. The summed E-state index contributed by atoms with van der Waals surface area (Å²) in [7, 11) is 1.64. The van der Waals surface area contributed by atoms with E-state index in [4.69, 9.17) is 18.5 Å². The van der Waals surface area contributed by atoms with E-state index in [1.54, 1.807) is 0 Å². The normalized spacial score (nSPS) is 14.1. The van der Waals surface area contributed by atoms with E-state index in [2.05, 4.69) is 111 Å². The molecule has 0 aromatic carbocycles. The molecule has 2 atom stereocenters. The average molecular weight is 1040 g/mol. The molecule has 2 unspecified atom stereocenters. The molecule has 0 aromatic heterocycles. The first-order valence-corrected chi connectivity index (χ1v) is 31.5. The van der Waals surface area contributed by atoms with Gasteiger partial charge in [-0.1, -0.05) is 239 Å². The minimum atomic E-state index is -4.30. The molecule has 0 saturated heterocycles. The summed E-state index contributed by atoms with van der Waals surface area (Å²) in [5, 5.41) is 0. The smallest absolute Gasteiger partial charge is 0.457 e. The van der Waals surface area contributed by atoms with Gasteiger partial charge in [-0.2, -0.15) is 0 Å². The maximum absolute atomic E-state index is 12.8. The molecule has 73 heavy (non-hydrogen) atoms. The number of phosphoric ester groups is 1. The Morgan fingerprint density at radius 1 is 0.438 bits per heavy atom.